The number of fused-ring (bicyclic) bond motifs is 2. The van der Waals surface area contributed by atoms with Crippen LogP contribution in [0.2, 0.25) is 5.15 Å². The van der Waals surface area contributed by atoms with Crippen LogP contribution in [0, 0.1) is 0 Å². The molecule has 0 aliphatic carbocycles. The van der Waals surface area contributed by atoms with Gasteiger partial charge in [-0.2, -0.15) is 0 Å². The summed E-state index contributed by atoms with van der Waals surface area (Å²) in [5.41, 5.74) is -0.0830. The predicted molar refractivity (Wildman–Crippen MR) is 82.0 cm³/mol. The quantitative estimate of drug-likeness (QED) is 0.842. The topological polar surface area (TPSA) is 78.6 Å². The van der Waals surface area contributed by atoms with Crippen molar-refractivity contribution in [3.05, 3.63) is 23.7 Å². The van der Waals surface area contributed by atoms with Gasteiger partial charge >= 0.3 is 0 Å². The lowest BCUT2D eigenvalue weighted by Gasteiger charge is -2.28. The van der Waals surface area contributed by atoms with Gasteiger partial charge in [-0.05, 0) is 26.8 Å². The molecule has 0 unspecified atom stereocenters. The summed E-state index contributed by atoms with van der Waals surface area (Å²) in [7, 11) is 0. The number of rotatable bonds is 2. The van der Waals surface area contributed by atoms with Crippen LogP contribution < -0.4 is 0 Å². The molecule has 0 spiro atoms. The summed E-state index contributed by atoms with van der Waals surface area (Å²) in [6.07, 6.45) is 1.91. The number of ether oxygens (including phenoxy) is 3. The van der Waals surface area contributed by atoms with Crippen molar-refractivity contribution in [2.45, 2.75) is 50.6 Å². The van der Waals surface area contributed by atoms with Crippen LogP contribution in [0.4, 0.5) is 0 Å². The number of nitrogens with zero attached hydrogens (tertiary/aromatic N) is 3. The van der Waals surface area contributed by atoms with Crippen molar-refractivity contribution in [3.8, 4) is 0 Å². The van der Waals surface area contributed by atoms with Crippen LogP contribution in [0.15, 0.2) is 18.6 Å². The molecule has 124 valence electrons. The minimum absolute atomic E-state index is 0.155. The zero-order chi connectivity index (χ0) is 16.4. The molecule has 2 aliphatic heterocycles. The summed E-state index contributed by atoms with van der Waals surface area (Å²) in [6.45, 7) is 5.46. The summed E-state index contributed by atoms with van der Waals surface area (Å²) >= 11 is 6.12. The third-order valence-electron chi connectivity index (χ3n) is 4.54. The van der Waals surface area contributed by atoms with Crippen molar-refractivity contribution in [2.75, 3.05) is 6.61 Å². The number of halogens is 1. The van der Waals surface area contributed by atoms with Crippen molar-refractivity contribution < 1.29 is 19.3 Å². The van der Waals surface area contributed by atoms with Gasteiger partial charge in [0.1, 0.15) is 34.9 Å². The predicted octanol–water partition coefficient (Wildman–Crippen LogP) is 1.88. The number of aliphatic hydroxyl groups excluding tert-OH is 1. The van der Waals surface area contributed by atoms with E-state index in [1.807, 2.05) is 37.6 Å². The van der Waals surface area contributed by atoms with E-state index in [1.54, 1.807) is 0 Å². The summed E-state index contributed by atoms with van der Waals surface area (Å²) in [5, 5.41) is 10.8. The lowest BCUT2D eigenvalue weighted by atomic mass is 9.95. The number of aliphatic hydroxyl groups is 1. The van der Waals surface area contributed by atoms with Gasteiger partial charge in [0.2, 0.25) is 0 Å². The Morgan fingerprint density at radius 2 is 2.13 bits per heavy atom. The fourth-order valence-corrected chi connectivity index (χ4v) is 3.77. The van der Waals surface area contributed by atoms with E-state index in [0.29, 0.717) is 10.8 Å². The van der Waals surface area contributed by atoms with Gasteiger partial charge in [0.05, 0.1) is 12.0 Å². The zero-order valence-electron chi connectivity index (χ0n) is 13.1. The standard InChI is InChI=1S/C15H18ClN3O4/c1-14(2)22-10-13(21-9(6-20)15(10,3)23-14)19-5-4-8-11(16)17-7-18-12(8)19/h4-5,7,9-10,13,20H,6H2,1-3H3/t9-,10+,13-,15-/m1/s1. The largest absolute Gasteiger partial charge is 0.394 e. The minimum Gasteiger partial charge on any atom is -0.394 e. The third-order valence-corrected chi connectivity index (χ3v) is 4.85. The Balaban J connectivity index is 1.81. The Morgan fingerprint density at radius 1 is 1.35 bits per heavy atom. The summed E-state index contributed by atoms with van der Waals surface area (Å²) in [4.78, 5) is 8.29. The fourth-order valence-electron chi connectivity index (χ4n) is 3.58. The maximum absolute atomic E-state index is 9.70. The first-order valence-electron chi connectivity index (χ1n) is 7.47. The van der Waals surface area contributed by atoms with Crippen molar-refractivity contribution in [1.29, 1.82) is 0 Å². The Morgan fingerprint density at radius 3 is 2.87 bits per heavy atom. The zero-order valence-corrected chi connectivity index (χ0v) is 13.8. The van der Waals surface area contributed by atoms with Crippen LogP contribution in [0.3, 0.4) is 0 Å². The molecule has 0 radical (unpaired) electrons. The molecular formula is C15H18ClN3O4. The van der Waals surface area contributed by atoms with Crippen LogP contribution in [-0.4, -0.2) is 49.8 Å². The van der Waals surface area contributed by atoms with E-state index in [-0.39, 0.29) is 12.7 Å². The van der Waals surface area contributed by atoms with E-state index in [0.717, 1.165) is 5.39 Å². The van der Waals surface area contributed by atoms with E-state index in [4.69, 9.17) is 25.8 Å². The smallest absolute Gasteiger partial charge is 0.165 e. The molecule has 23 heavy (non-hydrogen) atoms. The first-order valence-corrected chi connectivity index (χ1v) is 7.85. The fraction of sp³-hybridized carbons (Fsp3) is 0.600. The van der Waals surface area contributed by atoms with Gasteiger partial charge in [-0.1, -0.05) is 11.6 Å². The monoisotopic (exact) mass is 339 g/mol. The van der Waals surface area contributed by atoms with Crippen LogP contribution in [0.5, 0.6) is 0 Å². The molecule has 2 aliphatic rings. The maximum atomic E-state index is 9.70. The Labute approximate surface area is 138 Å². The van der Waals surface area contributed by atoms with Gasteiger partial charge in [0.15, 0.2) is 12.0 Å². The molecule has 4 rings (SSSR count). The molecule has 0 bridgehead atoms. The number of aromatic nitrogens is 3. The molecule has 4 heterocycles. The second-order valence-electron chi connectivity index (χ2n) is 6.55. The number of hydrogen-bond donors (Lipinski definition) is 1. The van der Waals surface area contributed by atoms with Gasteiger partial charge in [-0.15, -0.1) is 0 Å². The van der Waals surface area contributed by atoms with E-state index in [1.165, 1.54) is 6.33 Å². The Hall–Kier alpha value is -1.25. The average molecular weight is 340 g/mol. The highest BCUT2D eigenvalue weighted by molar-refractivity contribution is 6.33. The second kappa shape index (κ2) is 4.87. The molecular weight excluding hydrogens is 322 g/mol. The van der Waals surface area contributed by atoms with Gasteiger partial charge in [-0.3, -0.25) is 0 Å². The number of hydrogen-bond acceptors (Lipinski definition) is 6. The van der Waals surface area contributed by atoms with Gasteiger partial charge in [0, 0.05) is 6.20 Å². The van der Waals surface area contributed by atoms with Crippen LogP contribution in [0.1, 0.15) is 27.0 Å². The first-order chi connectivity index (χ1) is 10.9. The van der Waals surface area contributed by atoms with E-state index < -0.39 is 23.7 Å². The van der Waals surface area contributed by atoms with Crippen molar-refractivity contribution in [3.63, 3.8) is 0 Å². The third kappa shape index (κ3) is 2.11. The van der Waals surface area contributed by atoms with Crippen molar-refractivity contribution in [1.82, 2.24) is 14.5 Å². The molecule has 0 amide bonds. The molecule has 8 heteroatoms. The molecule has 0 saturated carbocycles. The molecule has 7 nitrogen and oxygen atoms in total. The SMILES string of the molecule is CC1(C)O[C@H]2[C@H](n3ccc4c(Cl)ncnc43)O[C@H](CO)[C@@]2(C)O1. The van der Waals surface area contributed by atoms with Crippen molar-refractivity contribution >= 4 is 22.6 Å². The van der Waals surface area contributed by atoms with E-state index in [2.05, 4.69) is 9.97 Å². The van der Waals surface area contributed by atoms with Crippen LogP contribution in [0.25, 0.3) is 11.0 Å². The summed E-state index contributed by atoms with van der Waals surface area (Å²) < 4.78 is 20.0. The van der Waals surface area contributed by atoms with Crippen LogP contribution in [-0.2, 0) is 14.2 Å². The molecule has 4 atom stereocenters. The van der Waals surface area contributed by atoms with E-state index in [9.17, 15) is 5.11 Å². The normalized spacial score (nSPS) is 35.8. The van der Waals surface area contributed by atoms with Crippen molar-refractivity contribution in [2.24, 2.45) is 0 Å². The lowest BCUT2D eigenvalue weighted by Crippen LogP contribution is -2.45. The molecule has 2 fully saturated rings. The summed E-state index contributed by atoms with van der Waals surface area (Å²) in [6, 6.07) is 1.84. The molecule has 1 N–H and O–H groups in total. The minimum atomic E-state index is -0.746. The van der Waals surface area contributed by atoms with Gasteiger partial charge < -0.3 is 23.9 Å². The summed E-state index contributed by atoms with van der Waals surface area (Å²) in [5.74, 6) is -0.746. The highest BCUT2D eigenvalue weighted by atomic mass is 35.5. The average Bonchev–Trinajstić information content (AvgIpc) is 3.07. The highest BCUT2D eigenvalue weighted by Crippen LogP contribution is 2.50. The van der Waals surface area contributed by atoms with Gasteiger partial charge in [-0.25, -0.2) is 9.97 Å². The molecule has 2 aromatic rings. The highest BCUT2D eigenvalue weighted by Gasteiger charge is 2.63. The van der Waals surface area contributed by atoms with Gasteiger partial charge in [0.25, 0.3) is 0 Å². The Kier molecular flexibility index (Phi) is 3.24. The lowest BCUT2D eigenvalue weighted by molar-refractivity contribution is -0.214. The maximum Gasteiger partial charge on any atom is 0.165 e. The first kappa shape index (κ1) is 15.3. The molecule has 0 aromatic carbocycles. The molecule has 2 aromatic heterocycles. The molecule has 2 saturated heterocycles. The second-order valence-corrected chi connectivity index (χ2v) is 6.90. The van der Waals surface area contributed by atoms with E-state index >= 15 is 0 Å². The van der Waals surface area contributed by atoms with Crippen LogP contribution >= 0.6 is 11.6 Å². The Bertz CT molecular complexity index is 764.